The molecule has 108 valence electrons. The van der Waals surface area contributed by atoms with Crippen LogP contribution < -0.4 is 5.32 Å². The summed E-state index contributed by atoms with van der Waals surface area (Å²) >= 11 is 0. The van der Waals surface area contributed by atoms with Gasteiger partial charge in [0.15, 0.2) is 0 Å². The van der Waals surface area contributed by atoms with E-state index < -0.39 is 6.04 Å². The SMILES string of the molecule is CC(NC(=O)c1ccccc1)C(=O)N1CCC[C@@H]1CO. The molecule has 1 aromatic rings. The van der Waals surface area contributed by atoms with Crippen molar-refractivity contribution < 1.29 is 14.7 Å². The van der Waals surface area contributed by atoms with Crippen LogP contribution in [0, 0.1) is 0 Å². The molecular formula is C15H20N2O3. The molecule has 1 aliphatic rings. The van der Waals surface area contributed by atoms with Crippen LogP contribution in [0.15, 0.2) is 30.3 Å². The summed E-state index contributed by atoms with van der Waals surface area (Å²) in [6, 6.07) is 8.11. The van der Waals surface area contributed by atoms with Crippen LogP contribution in [0.3, 0.4) is 0 Å². The maximum Gasteiger partial charge on any atom is 0.251 e. The molecule has 20 heavy (non-hydrogen) atoms. The number of aliphatic hydroxyl groups is 1. The van der Waals surface area contributed by atoms with Gasteiger partial charge in [0.05, 0.1) is 12.6 Å². The van der Waals surface area contributed by atoms with Crippen LogP contribution in [0.25, 0.3) is 0 Å². The number of likely N-dealkylation sites (tertiary alicyclic amines) is 1. The number of rotatable bonds is 4. The van der Waals surface area contributed by atoms with Crippen molar-refractivity contribution in [3.8, 4) is 0 Å². The molecule has 1 aliphatic heterocycles. The second kappa shape index (κ2) is 6.52. The second-order valence-electron chi connectivity index (χ2n) is 5.07. The van der Waals surface area contributed by atoms with Gasteiger partial charge in [-0.15, -0.1) is 0 Å². The Balaban J connectivity index is 1.96. The minimum atomic E-state index is -0.588. The maximum absolute atomic E-state index is 12.3. The minimum Gasteiger partial charge on any atom is -0.394 e. The molecule has 1 saturated heterocycles. The molecule has 0 aromatic heterocycles. The van der Waals surface area contributed by atoms with E-state index in [1.807, 2.05) is 6.07 Å². The standard InChI is InChI=1S/C15H20N2O3/c1-11(15(20)17-9-5-8-13(17)10-18)16-14(19)12-6-3-2-4-7-12/h2-4,6-7,11,13,18H,5,8-10H2,1H3,(H,16,19)/t11?,13-/m1/s1. The highest BCUT2D eigenvalue weighted by Crippen LogP contribution is 2.17. The summed E-state index contributed by atoms with van der Waals surface area (Å²) in [5.41, 5.74) is 0.535. The zero-order valence-corrected chi connectivity index (χ0v) is 11.6. The van der Waals surface area contributed by atoms with E-state index in [1.54, 1.807) is 36.1 Å². The van der Waals surface area contributed by atoms with Gasteiger partial charge in [-0.2, -0.15) is 0 Å². The molecule has 2 N–H and O–H groups in total. The van der Waals surface area contributed by atoms with Crippen LogP contribution in [-0.4, -0.2) is 47.1 Å². The van der Waals surface area contributed by atoms with E-state index >= 15 is 0 Å². The monoisotopic (exact) mass is 276 g/mol. The van der Waals surface area contributed by atoms with Crippen molar-refractivity contribution in [1.29, 1.82) is 0 Å². The Morgan fingerprint density at radius 2 is 2.10 bits per heavy atom. The first-order valence-electron chi connectivity index (χ1n) is 6.90. The van der Waals surface area contributed by atoms with Gasteiger partial charge in [-0.05, 0) is 31.9 Å². The molecule has 1 fully saturated rings. The first-order valence-corrected chi connectivity index (χ1v) is 6.90. The Kier molecular flexibility index (Phi) is 4.74. The van der Waals surface area contributed by atoms with Gasteiger partial charge in [0, 0.05) is 12.1 Å². The van der Waals surface area contributed by atoms with E-state index in [0.29, 0.717) is 12.1 Å². The predicted molar refractivity (Wildman–Crippen MR) is 75.2 cm³/mol. The number of carbonyl (C=O) groups excluding carboxylic acids is 2. The fraction of sp³-hybridized carbons (Fsp3) is 0.467. The van der Waals surface area contributed by atoms with Crippen LogP contribution >= 0.6 is 0 Å². The third-order valence-corrected chi connectivity index (χ3v) is 3.62. The van der Waals surface area contributed by atoms with Crippen molar-refractivity contribution in [3.05, 3.63) is 35.9 Å². The summed E-state index contributed by atoms with van der Waals surface area (Å²) in [5, 5.41) is 12.0. The van der Waals surface area contributed by atoms with Crippen molar-refractivity contribution in [2.45, 2.75) is 31.8 Å². The molecule has 5 nitrogen and oxygen atoms in total. The third-order valence-electron chi connectivity index (χ3n) is 3.62. The van der Waals surface area contributed by atoms with E-state index in [2.05, 4.69) is 5.32 Å². The molecule has 1 heterocycles. The molecule has 0 aliphatic carbocycles. The van der Waals surface area contributed by atoms with Crippen molar-refractivity contribution in [2.24, 2.45) is 0 Å². The van der Waals surface area contributed by atoms with Gasteiger partial charge in [0.1, 0.15) is 6.04 Å². The topological polar surface area (TPSA) is 69.6 Å². The normalized spacial score (nSPS) is 19.7. The number of hydrogen-bond donors (Lipinski definition) is 2. The molecule has 1 unspecified atom stereocenters. The predicted octanol–water partition coefficient (Wildman–Crippen LogP) is 0.788. The highest BCUT2D eigenvalue weighted by molar-refractivity contribution is 5.97. The van der Waals surface area contributed by atoms with Crippen LogP contribution in [-0.2, 0) is 4.79 Å². The van der Waals surface area contributed by atoms with Crippen LogP contribution in [0.1, 0.15) is 30.1 Å². The van der Waals surface area contributed by atoms with Crippen LogP contribution in [0.4, 0.5) is 0 Å². The van der Waals surface area contributed by atoms with Gasteiger partial charge in [0.25, 0.3) is 5.91 Å². The number of amides is 2. The molecular weight excluding hydrogens is 256 g/mol. The first kappa shape index (κ1) is 14.5. The lowest BCUT2D eigenvalue weighted by Crippen LogP contribution is -2.49. The van der Waals surface area contributed by atoms with Gasteiger partial charge in [0.2, 0.25) is 5.91 Å². The number of aliphatic hydroxyl groups excluding tert-OH is 1. The summed E-state index contributed by atoms with van der Waals surface area (Å²) in [5.74, 6) is -0.392. The molecule has 2 amide bonds. The quantitative estimate of drug-likeness (QED) is 0.854. The maximum atomic E-state index is 12.3. The van der Waals surface area contributed by atoms with Gasteiger partial charge in [-0.3, -0.25) is 9.59 Å². The summed E-state index contributed by atoms with van der Waals surface area (Å²) < 4.78 is 0. The largest absolute Gasteiger partial charge is 0.394 e. The number of nitrogens with zero attached hydrogens (tertiary/aromatic N) is 1. The van der Waals surface area contributed by atoms with Crippen molar-refractivity contribution in [2.75, 3.05) is 13.2 Å². The van der Waals surface area contributed by atoms with E-state index in [1.165, 1.54) is 0 Å². The number of nitrogens with one attached hydrogen (secondary N) is 1. The van der Waals surface area contributed by atoms with Crippen molar-refractivity contribution in [1.82, 2.24) is 10.2 Å². The average Bonchev–Trinajstić information content (AvgIpc) is 2.95. The van der Waals surface area contributed by atoms with Gasteiger partial charge in [-0.25, -0.2) is 0 Å². The second-order valence-corrected chi connectivity index (χ2v) is 5.07. The molecule has 0 radical (unpaired) electrons. The summed E-state index contributed by atoms with van der Waals surface area (Å²) in [6.07, 6.45) is 1.72. The van der Waals surface area contributed by atoms with E-state index in [9.17, 15) is 14.7 Å². The zero-order valence-electron chi connectivity index (χ0n) is 11.6. The van der Waals surface area contributed by atoms with Gasteiger partial charge < -0.3 is 15.3 Å². The molecule has 1 aromatic carbocycles. The zero-order chi connectivity index (χ0) is 14.5. The highest BCUT2D eigenvalue weighted by Gasteiger charge is 2.31. The van der Waals surface area contributed by atoms with Crippen molar-refractivity contribution in [3.63, 3.8) is 0 Å². The third kappa shape index (κ3) is 3.17. The molecule has 2 atom stereocenters. The van der Waals surface area contributed by atoms with Gasteiger partial charge >= 0.3 is 0 Å². The number of benzene rings is 1. The smallest absolute Gasteiger partial charge is 0.251 e. The minimum absolute atomic E-state index is 0.0227. The first-order chi connectivity index (χ1) is 9.63. The Morgan fingerprint density at radius 3 is 2.75 bits per heavy atom. The summed E-state index contributed by atoms with van der Waals surface area (Å²) in [7, 11) is 0. The fourth-order valence-corrected chi connectivity index (χ4v) is 2.50. The summed E-state index contributed by atoms with van der Waals surface area (Å²) in [6.45, 7) is 2.30. The lowest BCUT2D eigenvalue weighted by Gasteiger charge is -2.26. The Morgan fingerprint density at radius 1 is 1.40 bits per heavy atom. The van der Waals surface area contributed by atoms with E-state index in [0.717, 1.165) is 12.8 Å². The van der Waals surface area contributed by atoms with Gasteiger partial charge in [-0.1, -0.05) is 18.2 Å². The molecule has 0 bridgehead atoms. The Bertz CT molecular complexity index is 475. The van der Waals surface area contributed by atoms with E-state index in [4.69, 9.17) is 0 Å². The highest BCUT2D eigenvalue weighted by atomic mass is 16.3. The Hall–Kier alpha value is -1.88. The fourth-order valence-electron chi connectivity index (χ4n) is 2.50. The van der Waals surface area contributed by atoms with Crippen molar-refractivity contribution >= 4 is 11.8 Å². The molecule has 2 rings (SSSR count). The molecule has 0 saturated carbocycles. The summed E-state index contributed by atoms with van der Waals surface area (Å²) in [4.78, 5) is 25.9. The molecule has 0 spiro atoms. The number of hydrogen-bond acceptors (Lipinski definition) is 3. The average molecular weight is 276 g/mol. The van der Waals surface area contributed by atoms with E-state index in [-0.39, 0.29) is 24.5 Å². The van der Waals surface area contributed by atoms with Crippen LogP contribution in [0.5, 0.6) is 0 Å². The lowest BCUT2D eigenvalue weighted by atomic mass is 10.2. The molecule has 5 heteroatoms. The number of carbonyl (C=O) groups is 2. The Labute approximate surface area is 118 Å². The van der Waals surface area contributed by atoms with Crippen LogP contribution in [0.2, 0.25) is 0 Å². The lowest BCUT2D eigenvalue weighted by molar-refractivity contribution is -0.134.